The van der Waals surface area contributed by atoms with Gasteiger partial charge in [0.05, 0.1) is 24.5 Å². The molecule has 0 saturated heterocycles. The number of rotatable bonds is 5. The number of fused-ring (bicyclic) bond motifs is 1. The van der Waals surface area contributed by atoms with Crippen molar-refractivity contribution in [1.29, 1.82) is 0 Å². The molecule has 0 aliphatic carbocycles. The van der Waals surface area contributed by atoms with E-state index in [0.717, 1.165) is 28.4 Å². The first-order valence-electron chi connectivity index (χ1n) is 6.74. The summed E-state index contributed by atoms with van der Waals surface area (Å²) in [5, 5.41) is 8.03. The van der Waals surface area contributed by atoms with Gasteiger partial charge in [-0.3, -0.25) is 0 Å². The summed E-state index contributed by atoms with van der Waals surface area (Å²) in [7, 11) is 1.92. The van der Waals surface area contributed by atoms with Crippen LogP contribution in [0.4, 0.5) is 0 Å². The Hall–Kier alpha value is -2.08. The summed E-state index contributed by atoms with van der Waals surface area (Å²) in [5.41, 5.74) is 1.82. The molecule has 0 radical (unpaired) electrons. The summed E-state index contributed by atoms with van der Waals surface area (Å²) < 4.78 is 9.57. The molecule has 0 fully saturated rings. The number of hydrogen-bond donors (Lipinski definition) is 0. The molecular weight excluding hydrogens is 290 g/mol. The molecule has 0 amide bonds. The van der Waals surface area contributed by atoms with Crippen LogP contribution in [0.15, 0.2) is 24.5 Å². The number of aryl methyl sites for hydroxylation is 1. The lowest BCUT2D eigenvalue weighted by atomic mass is 10.3. The molecule has 7 heteroatoms. The standard InChI is InChI=1S/C14H16ClN5O/c1-3-21-11-6-4-5-10-14(11)17-12(7-15)20(10)8-13-18-16-9-19(13)2/h4-6,9H,3,7-8H2,1-2H3. The van der Waals surface area contributed by atoms with E-state index in [0.29, 0.717) is 19.0 Å². The second kappa shape index (κ2) is 5.73. The van der Waals surface area contributed by atoms with Crippen molar-refractivity contribution in [1.82, 2.24) is 24.3 Å². The second-order valence-electron chi connectivity index (χ2n) is 4.66. The third-order valence-electron chi connectivity index (χ3n) is 3.34. The number of hydrogen-bond acceptors (Lipinski definition) is 4. The van der Waals surface area contributed by atoms with E-state index in [-0.39, 0.29) is 0 Å². The van der Waals surface area contributed by atoms with Crippen molar-refractivity contribution in [2.75, 3.05) is 6.61 Å². The van der Waals surface area contributed by atoms with Crippen molar-refractivity contribution in [3.05, 3.63) is 36.2 Å². The Morgan fingerprint density at radius 1 is 1.29 bits per heavy atom. The second-order valence-corrected chi connectivity index (χ2v) is 4.93. The number of para-hydroxylation sites is 1. The Morgan fingerprint density at radius 3 is 2.81 bits per heavy atom. The first kappa shape index (κ1) is 13.9. The van der Waals surface area contributed by atoms with Gasteiger partial charge >= 0.3 is 0 Å². The maximum absolute atomic E-state index is 6.05. The van der Waals surface area contributed by atoms with Gasteiger partial charge in [0.15, 0.2) is 5.82 Å². The smallest absolute Gasteiger partial charge is 0.152 e. The number of alkyl halides is 1. The average molecular weight is 306 g/mol. The highest BCUT2D eigenvalue weighted by Crippen LogP contribution is 2.27. The van der Waals surface area contributed by atoms with Crippen LogP contribution in [0.5, 0.6) is 5.75 Å². The van der Waals surface area contributed by atoms with Crippen molar-refractivity contribution < 1.29 is 4.74 Å². The van der Waals surface area contributed by atoms with Crippen molar-refractivity contribution in [2.45, 2.75) is 19.3 Å². The van der Waals surface area contributed by atoms with E-state index in [1.165, 1.54) is 0 Å². The van der Waals surface area contributed by atoms with Gasteiger partial charge in [-0.05, 0) is 19.1 Å². The lowest BCUT2D eigenvalue weighted by molar-refractivity contribution is 0.343. The van der Waals surface area contributed by atoms with E-state index in [1.807, 2.05) is 36.7 Å². The molecule has 0 bridgehead atoms. The molecule has 0 spiro atoms. The Bertz CT molecular complexity index is 764. The van der Waals surface area contributed by atoms with E-state index < -0.39 is 0 Å². The fourth-order valence-corrected chi connectivity index (χ4v) is 2.52. The lowest BCUT2D eigenvalue weighted by Gasteiger charge is -2.07. The summed E-state index contributed by atoms with van der Waals surface area (Å²) in [6.07, 6.45) is 1.68. The Balaban J connectivity index is 2.12. The predicted octanol–water partition coefficient (Wildman–Crippen LogP) is 2.35. The third kappa shape index (κ3) is 2.47. The fourth-order valence-electron chi connectivity index (χ4n) is 2.31. The van der Waals surface area contributed by atoms with Crippen LogP contribution in [-0.2, 0) is 19.5 Å². The first-order valence-corrected chi connectivity index (χ1v) is 7.27. The minimum Gasteiger partial charge on any atom is -0.492 e. The molecule has 0 aliphatic heterocycles. The number of aromatic nitrogens is 5. The minimum atomic E-state index is 0.331. The fraction of sp³-hybridized carbons (Fsp3) is 0.357. The van der Waals surface area contributed by atoms with E-state index in [4.69, 9.17) is 16.3 Å². The summed E-state index contributed by atoms with van der Waals surface area (Å²) in [6.45, 7) is 3.13. The zero-order chi connectivity index (χ0) is 14.8. The molecule has 3 rings (SSSR count). The van der Waals surface area contributed by atoms with Crippen LogP contribution in [0.1, 0.15) is 18.6 Å². The van der Waals surface area contributed by atoms with Crippen molar-refractivity contribution in [3.8, 4) is 5.75 Å². The molecule has 110 valence electrons. The monoisotopic (exact) mass is 305 g/mol. The van der Waals surface area contributed by atoms with Crippen LogP contribution >= 0.6 is 11.6 Å². The molecule has 1 aromatic carbocycles. The van der Waals surface area contributed by atoms with Gasteiger partial charge in [-0.2, -0.15) is 0 Å². The maximum atomic E-state index is 6.05. The van der Waals surface area contributed by atoms with Crippen LogP contribution in [0.3, 0.4) is 0 Å². The first-order chi connectivity index (χ1) is 10.2. The molecule has 0 N–H and O–H groups in total. The SMILES string of the molecule is CCOc1cccc2c1nc(CCl)n2Cc1nncn1C. The van der Waals surface area contributed by atoms with Gasteiger partial charge in [0.2, 0.25) is 0 Å². The lowest BCUT2D eigenvalue weighted by Crippen LogP contribution is -2.08. The topological polar surface area (TPSA) is 57.8 Å². The Labute approximate surface area is 127 Å². The largest absolute Gasteiger partial charge is 0.492 e. The molecule has 0 atom stereocenters. The molecular formula is C14H16ClN5O. The Kier molecular flexibility index (Phi) is 3.79. The Morgan fingerprint density at radius 2 is 2.14 bits per heavy atom. The van der Waals surface area contributed by atoms with Gasteiger partial charge in [0.1, 0.15) is 23.4 Å². The average Bonchev–Trinajstić information content (AvgIpc) is 3.05. The number of nitrogens with zero attached hydrogens (tertiary/aromatic N) is 5. The highest BCUT2D eigenvalue weighted by atomic mass is 35.5. The normalized spacial score (nSPS) is 11.2. The predicted molar refractivity (Wildman–Crippen MR) is 80.6 cm³/mol. The van der Waals surface area contributed by atoms with Gasteiger partial charge in [0, 0.05) is 7.05 Å². The van der Waals surface area contributed by atoms with Gasteiger partial charge in [-0.25, -0.2) is 4.98 Å². The van der Waals surface area contributed by atoms with E-state index in [2.05, 4.69) is 19.7 Å². The highest BCUT2D eigenvalue weighted by molar-refractivity contribution is 6.16. The molecule has 0 aliphatic rings. The summed E-state index contributed by atoms with van der Waals surface area (Å²) in [6, 6.07) is 5.89. The van der Waals surface area contributed by atoms with Crippen LogP contribution in [-0.4, -0.2) is 30.9 Å². The van der Waals surface area contributed by atoms with Crippen LogP contribution in [0.2, 0.25) is 0 Å². The number of halogens is 1. The van der Waals surface area contributed by atoms with Crippen LogP contribution in [0.25, 0.3) is 11.0 Å². The van der Waals surface area contributed by atoms with Crippen molar-refractivity contribution in [2.24, 2.45) is 7.05 Å². The molecule has 0 saturated carbocycles. The zero-order valence-corrected chi connectivity index (χ0v) is 12.7. The molecule has 3 aromatic rings. The summed E-state index contributed by atoms with van der Waals surface area (Å²) in [4.78, 5) is 4.61. The minimum absolute atomic E-state index is 0.331. The highest BCUT2D eigenvalue weighted by Gasteiger charge is 2.15. The van der Waals surface area contributed by atoms with E-state index in [1.54, 1.807) is 6.33 Å². The summed E-state index contributed by atoms with van der Waals surface area (Å²) in [5.74, 6) is 2.75. The van der Waals surface area contributed by atoms with Gasteiger partial charge < -0.3 is 13.9 Å². The van der Waals surface area contributed by atoms with Gasteiger partial charge in [-0.15, -0.1) is 21.8 Å². The van der Waals surface area contributed by atoms with Crippen LogP contribution < -0.4 is 4.74 Å². The number of ether oxygens (including phenoxy) is 1. The van der Waals surface area contributed by atoms with Crippen molar-refractivity contribution in [3.63, 3.8) is 0 Å². The van der Waals surface area contributed by atoms with Gasteiger partial charge in [-0.1, -0.05) is 6.07 Å². The third-order valence-corrected chi connectivity index (χ3v) is 3.58. The van der Waals surface area contributed by atoms with E-state index >= 15 is 0 Å². The molecule has 0 unspecified atom stereocenters. The maximum Gasteiger partial charge on any atom is 0.152 e. The van der Waals surface area contributed by atoms with Crippen molar-refractivity contribution >= 4 is 22.6 Å². The molecule has 2 heterocycles. The zero-order valence-electron chi connectivity index (χ0n) is 12.0. The molecule has 21 heavy (non-hydrogen) atoms. The molecule has 2 aromatic heterocycles. The summed E-state index contributed by atoms with van der Waals surface area (Å²) >= 11 is 6.05. The number of imidazole rings is 1. The van der Waals surface area contributed by atoms with Crippen LogP contribution in [0, 0.1) is 0 Å². The number of benzene rings is 1. The van der Waals surface area contributed by atoms with Gasteiger partial charge in [0.25, 0.3) is 0 Å². The van der Waals surface area contributed by atoms with E-state index in [9.17, 15) is 0 Å². The quantitative estimate of drug-likeness (QED) is 0.679. The molecule has 6 nitrogen and oxygen atoms in total.